The van der Waals surface area contributed by atoms with Gasteiger partial charge < -0.3 is 10.4 Å². The molecule has 0 saturated heterocycles. The SMILES string of the molecule is CC(O)CNC(=O)Cc1ccccc1C(F)(F)F. The van der Waals surface area contributed by atoms with Crippen molar-refractivity contribution < 1.29 is 23.1 Å². The van der Waals surface area contributed by atoms with Crippen molar-refractivity contribution in [2.24, 2.45) is 0 Å². The van der Waals surface area contributed by atoms with E-state index in [9.17, 15) is 18.0 Å². The van der Waals surface area contributed by atoms with Crippen molar-refractivity contribution >= 4 is 5.91 Å². The third-order valence-corrected chi connectivity index (χ3v) is 2.27. The topological polar surface area (TPSA) is 49.3 Å². The van der Waals surface area contributed by atoms with Crippen LogP contribution < -0.4 is 5.32 Å². The molecule has 1 atom stereocenters. The minimum Gasteiger partial charge on any atom is -0.392 e. The van der Waals surface area contributed by atoms with Crippen LogP contribution in [0.4, 0.5) is 13.2 Å². The molecule has 1 aromatic carbocycles. The summed E-state index contributed by atoms with van der Waals surface area (Å²) in [6, 6.07) is 4.94. The molecule has 1 aromatic rings. The van der Waals surface area contributed by atoms with E-state index >= 15 is 0 Å². The molecule has 0 bridgehead atoms. The zero-order valence-corrected chi connectivity index (χ0v) is 9.79. The Morgan fingerprint density at radius 3 is 2.56 bits per heavy atom. The van der Waals surface area contributed by atoms with Crippen molar-refractivity contribution in [1.29, 1.82) is 0 Å². The second-order valence-corrected chi connectivity index (χ2v) is 3.98. The average Bonchev–Trinajstić information content (AvgIpc) is 2.25. The lowest BCUT2D eigenvalue weighted by molar-refractivity contribution is -0.138. The third-order valence-electron chi connectivity index (χ3n) is 2.27. The van der Waals surface area contributed by atoms with Crippen LogP contribution in [0.5, 0.6) is 0 Å². The molecule has 1 unspecified atom stereocenters. The molecular formula is C12H14F3NO2. The number of carbonyl (C=O) groups excluding carboxylic acids is 1. The zero-order valence-electron chi connectivity index (χ0n) is 9.79. The maximum atomic E-state index is 12.6. The number of nitrogens with one attached hydrogen (secondary N) is 1. The van der Waals surface area contributed by atoms with Gasteiger partial charge in [0.2, 0.25) is 5.91 Å². The maximum Gasteiger partial charge on any atom is 0.416 e. The van der Waals surface area contributed by atoms with Gasteiger partial charge in [-0.15, -0.1) is 0 Å². The largest absolute Gasteiger partial charge is 0.416 e. The Morgan fingerprint density at radius 2 is 2.00 bits per heavy atom. The van der Waals surface area contributed by atoms with Gasteiger partial charge in [0.25, 0.3) is 0 Å². The molecular weight excluding hydrogens is 247 g/mol. The molecule has 0 radical (unpaired) electrons. The maximum absolute atomic E-state index is 12.6. The molecule has 2 N–H and O–H groups in total. The van der Waals surface area contributed by atoms with Crippen molar-refractivity contribution in [3.63, 3.8) is 0 Å². The van der Waals surface area contributed by atoms with Crippen LogP contribution in [0, 0.1) is 0 Å². The zero-order chi connectivity index (χ0) is 13.8. The van der Waals surface area contributed by atoms with E-state index in [1.165, 1.54) is 25.1 Å². The Bertz CT molecular complexity index is 416. The highest BCUT2D eigenvalue weighted by Crippen LogP contribution is 2.31. The van der Waals surface area contributed by atoms with E-state index in [1.807, 2.05) is 0 Å². The Labute approximate surface area is 103 Å². The first-order chi connectivity index (χ1) is 8.30. The third kappa shape index (κ3) is 4.37. The molecule has 0 aliphatic rings. The summed E-state index contributed by atoms with van der Waals surface area (Å²) < 4.78 is 37.9. The van der Waals surface area contributed by atoms with Crippen LogP contribution in [-0.4, -0.2) is 23.7 Å². The number of aliphatic hydroxyl groups excluding tert-OH is 1. The van der Waals surface area contributed by atoms with Crippen LogP contribution in [0.1, 0.15) is 18.1 Å². The summed E-state index contributed by atoms with van der Waals surface area (Å²) >= 11 is 0. The van der Waals surface area contributed by atoms with E-state index in [4.69, 9.17) is 5.11 Å². The summed E-state index contributed by atoms with van der Waals surface area (Å²) in [5.41, 5.74) is -0.884. The van der Waals surface area contributed by atoms with Gasteiger partial charge in [0.1, 0.15) is 0 Å². The smallest absolute Gasteiger partial charge is 0.392 e. The van der Waals surface area contributed by atoms with Crippen molar-refractivity contribution in [2.45, 2.75) is 25.6 Å². The number of rotatable bonds is 4. The second-order valence-electron chi connectivity index (χ2n) is 3.98. The van der Waals surface area contributed by atoms with Crippen LogP contribution >= 0.6 is 0 Å². The first kappa shape index (κ1) is 14.5. The fourth-order valence-electron chi connectivity index (χ4n) is 1.45. The molecule has 3 nitrogen and oxygen atoms in total. The molecule has 0 aliphatic heterocycles. The van der Waals surface area contributed by atoms with Gasteiger partial charge in [-0.1, -0.05) is 18.2 Å². The number of hydrogen-bond donors (Lipinski definition) is 2. The monoisotopic (exact) mass is 261 g/mol. The summed E-state index contributed by atoms with van der Waals surface area (Å²) in [5.74, 6) is -0.549. The van der Waals surface area contributed by atoms with Crippen LogP contribution in [0.2, 0.25) is 0 Å². The summed E-state index contributed by atoms with van der Waals surface area (Å²) in [7, 11) is 0. The predicted molar refractivity (Wildman–Crippen MR) is 59.8 cm³/mol. The lowest BCUT2D eigenvalue weighted by Gasteiger charge is -2.13. The second kappa shape index (κ2) is 5.86. The van der Waals surface area contributed by atoms with Crippen LogP contribution in [0.15, 0.2) is 24.3 Å². The lowest BCUT2D eigenvalue weighted by atomic mass is 10.0. The molecule has 0 heterocycles. The molecule has 1 amide bonds. The number of carbonyl (C=O) groups is 1. The van der Waals surface area contributed by atoms with E-state index < -0.39 is 23.8 Å². The van der Waals surface area contributed by atoms with E-state index in [0.29, 0.717) is 0 Å². The number of benzene rings is 1. The molecule has 0 aromatic heterocycles. The van der Waals surface area contributed by atoms with Gasteiger partial charge >= 0.3 is 6.18 Å². The fourth-order valence-corrected chi connectivity index (χ4v) is 1.45. The van der Waals surface area contributed by atoms with Crippen LogP contribution in [0.25, 0.3) is 0 Å². The predicted octanol–water partition coefficient (Wildman–Crippen LogP) is 1.74. The van der Waals surface area contributed by atoms with Gasteiger partial charge in [-0.05, 0) is 18.6 Å². The van der Waals surface area contributed by atoms with E-state index in [-0.39, 0.29) is 18.5 Å². The van der Waals surface area contributed by atoms with Crippen molar-refractivity contribution in [2.75, 3.05) is 6.54 Å². The van der Waals surface area contributed by atoms with E-state index in [0.717, 1.165) is 6.07 Å². The average molecular weight is 261 g/mol. The summed E-state index contributed by atoms with van der Waals surface area (Å²) in [5, 5.41) is 11.3. The highest BCUT2D eigenvalue weighted by molar-refractivity contribution is 5.79. The summed E-state index contributed by atoms with van der Waals surface area (Å²) in [4.78, 5) is 11.4. The van der Waals surface area contributed by atoms with E-state index in [2.05, 4.69) is 5.32 Å². The standard InChI is InChI=1S/C12H14F3NO2/c1-8(17)7-16-11(18)6-9-4-2-3-5-10(9)12(13,14)15/h2-5,8,17H,6-7H2,1H3,(H,16,18). The Kier molecular flexibility index (Phi) is 4.72. The number of hydrogen-bond acceptors (Lipinski definition) is 2. The highest BCUT2D eigenvalue weighted by atomic mass is 19.4. The normalized spacial score (nSPS) is 13.2. The lowest BCUT2D eigenvalue weighted by Crippen LogP contribution is -2.32. The molecule has 0 aliphatic carbocycles. The van der Waals surface area contributed by atoms with Crippen LogP contribution in [0.3, 0.4) is 0 Å². The molecule has 6 heteroatoms. The first-order valence-electron chi connectivity index (χ1n) is 5.40. The van der Waals surface area contributed by atoms with Gasteiger partial charge in [-0.3, -0.25) is 4.79 Å². The number of amides is 1. The van der Waals surface area contributed by atoms with Crippen molar-refractivity contribution in [3.05, 3.63) is 35.4 Å². The van der Waals surface area contributed by atoms with Gasteiger partial charge in [-0.2, -0.15) is 13.2 Å². The molecule has 0 spiro atoms. The number of halogens is 3. The summed E-state index contributed by atoms with van der Waals surface area (Å²) in [6.07, 6.45) is -5.56. The highest BCUT2D eigenvalue weighted by Gasteiger charge is 2.33. The minimum atomic E-state index is -4.47. The van der Waals surface area contributed by atoms with E-state index in [1.54, 1.807) is 0 Å². The molecule has 0 fully saturated rings. The summed E-state index contributed by atoms with van der Waals surface area (Å²) in [6.45, 7) is 1.50. The Morgan fingerprint density at radius 1 is 1.39 bits per heavy atom. The first-order valence-corrected chi connectivity index (χ1v) is 5.40. The van der Waals surface area contributed by atoms with Gasteiger partial charge in [0.15, 0.2) is 0 Å². The van der Waals surface area contributed by atoms with Gasteiger partial charge in [0.05, 0.1) is 18.1 Å². The minimum absolute atomic E-state index is 0.0209. The van der Waals surface area contributed by atoms with Crippen molar-refractivity contribution in [1.82, 2.24) is 5.32 Å². The van der Waals surface area contributed by atoms with Gasteiger partial charge in [0, 0.05) is 6.54 Å². The fraction of sp³-hybridized carbons (Fsp3) is 0.417. The van der Waals surface area contributed by atoms with Crippen molar-refractivity contribution in [3.8, 4) is 0 Å². The molecule has 0 saturated carbocycles. The molecule has 18 heavy (non-hydrogen) atoms. The molecule has 100 valence electrons. The number of aliphatic hydroxyl groups is 1. The van der Waals surface area contributed by atoms with Crippen LogP contribution in [-0.2, 0) is 17.4 Å². The number of alkyl halides is 3. The Balaban J connectivity index is 2.76. The quantitative estimate of drug-likeness (QED) is 0.867. The Hall–Kier alpha value is -1.56. The molecule has 1 rings (SSSR count). The van der Waals surface area contributed by atoms with Gasteiger partial charge in [-0.25, -0.2) is 0 Å².